The summed E-state index contributed by atoms with van der Waals surface area (Å²) >= 11 is 0. The zero-order valence-electron chi connectivity index (χ0n) is 11.9. The highest BCUT2D eigenvalue weighted by molar-refractivity contribution is 5.57. The highest BCUT2D eigenvalue weighted by Crippen LogP contribution is 2.23. The summed E-state index contributed by atoms with van der Waals surface area (Å²) in [5.41, 5.74) is 2.64. The van der Waals surface area contributed by atoms with Crippen molar-refractivity contribution in [1.29, 1.82) is 5.26 Å². The van der Waals surface area contributed by atoms with Crippen LogP contribution in [0.15, 0.2) is 6.07 Å². The van der Waals surface area contributed by atoms with Gasteiger partial charge < -0.3 is 9.64 Å². The molecule has 0 spiro atoms. The highest BCUT2D eigenvalue weighted by Gasteiger charge is 2.19. The molecule has 19 heavy (non-hydrogen) atoms. The zero-order valence-corrected chi connectivity index (χ0v) is 11.9. The third-order valence-electron chi connectivity index (χ3n) is 3.59. The van der Waals surface area contributed by atoms with Crippen LogP contribution in [0.5, 0.6) is 0 Å². The summed E-state index contributed by atoms with van der Waals surface area (Å²) in [6.45, 7) is 6.52. The van der Waals surface area contributed by atoms with Crippen molar-refractivity contribution < 1.29 is 4.74 Å². The van der Waals surface area contributed by atoms with E-state index in [4.69, 9.17) is 4.74 Å². The molecule has 1 saturated heterocycles. The topological polar surface area (TPSA) is 49.2 Å². The van der Waals surface area contributed by atoms with Crippen molar-refractivity contribution in [2.75, 3.05) is 31.7 Å². The lowest BCUT2D eigenvalue weighted by atomic mass is 10.0. The first-order valence-corrected chi connectivity index (χ1v) is 6.79. The number of anilines is 1. The maximum atomic E-state index is 9.30. The Morgan fingerprint density at radius 2 is 2.32 bits per heavy atom. The van der Waals surface area contributed by atoms with Crippen LogP contribution in [-0.2, 0) is 4.74 Å². The molecule has 1 fully saturated rings. The molecule has 1 unspecified atom stereocenters. The molecule has 1 aromatic heterocycles. The normalized spacial score (nSPS) is 18.9. The number of hydrogen-bond acceptors (Lipinski definition) is 4. The fraction of sp³-hybridized carbons (Fsp3) is 0.600. The molecule has 4 heteroatoms. The van der Waals surface area contributed by atoms with Gasteiger partial charge in [0.1, 0.15) is 11.9 Å². The molecule has 0 aliphatic carbocycles. The number of rotatable bonds is 3. The molecule has 102 valence electrons. The van der Waals surface area contributed by atoms with Crippen LogP contribution in [-0.4, -0.2) is 31.8 Å². The molecule has 1 aromatic rings. The van der Waals surface area contributed by atoms with Gasteiger partial charge in [0, 0.05) is 25.9 Å². The molecule has 2 rings (SSSR count). The van der Waals surface area contributed by atoms with E-state index in [0.717, 1.165) is 43.3 Å². The van der Waals surface area contributed by atoms with Crippen molar-refractivity contribution in [3.05, 3.63) is 22.9 Å². The van der Waals surface area contributed by atoms with E-state index < -0.39 is 0 Å². The first-order valence-electron chi connectivity index (χ1n) is 6.79. The van der Waals surface area contributed by atoms with Crippen LogP contribution in [0.4, 0.5) is 5.82 Å². The van der Waals surface area contributed by atoms with Gasteiger partial charge in [-0.1, -0.05) is 0 Å². The minimum Gasteiger partial charge on any atom is -0.381 e. The van der Waals surface area contributed by atoms with Gasteiger partial charge in [-0.15, -0.1) is 0 Å². The van der Waals surface area contributed by atoms with E-state index >= 15 is 0 Å². The largest absolute Gasteiger partial charge is 0.381 e. The molecular weight excluding hydrogens is 238 g/mol. The number of aryl methyl sites for hydroxylation is 2. The molecule has 0 radical (unpaired) electrons. The molecule has 0 aromatic carbocycles. The third kappa shape index (κ3) is 3.24. The van der Waals surface area contributed by atoms with Crippen LogP contribution in [0.1, 0.15) is 29.7 Å². The molecular formula is C15H21N3O. The summed E-state index contributed by atoms with van der Waals surface area (Å²) in [6, 6.07) is 4.23. The lowest BCUT2D eigenvalue weighted by Crippen LogP contribution is -2.32. The highest BCUT2D eigenvalue weighted by atomic mass is 16.5. The van der Waals surface area contributed by atoms with Crippen LogP contribution in [0.3, 0.4) is 0 Å². The summed E-state index contributed by atoms with van der Waals surface area (Å²) in [5, 5.41) is 9.30. The van der Waals surface area contributed by atoms with Crippen molar-refractivity contribution in [2.45, 2.75) is 26.7 Å². The minimum absolute atomic E-state index is 0.535. The van der Waals surface area contributed by atoms with Gasteiger partial charge in [-0.2, -0.15) is 5.26 Å². The van der Waals surface area contributed by atoms with E-state index in [-0.39, 0.29) is 0 Å². The van der Waals surface area contributed by atoms with Gasteiger partial charge in [0.2, 0.25) is 0 Å². The van der Waals surface area contributed by atoms with E-state index in [1.54, 1.807) is 0 Å². The fourth-order valence-corrected chi connectivity index (χ4v) is 2.66. The summed E-state index contributed by atoms with van der Waals surface area (Å²) in [4.78, 5) is 6.63. The van der Waals surface area contributed by atoms with Crippen LogP contribution < -0.4 is 4.90 Å². The number of pyridine rings is 1. The molecule has 2 heterocycles. The molecule has 1 aliphatic heterocycles. The molecule has 4 nitrogen and oxygen atoms in total. The van der Waals surface area contributed by atoms with Crippen molar-refractivity contribution >= 4 is 5.82 Å². The molecule has 0 saturated carbocycles. The van der Waals surface area contributed by atoms with Crippen molar-refractivity contribution in [1.82, 2.24) is 4.98 Å². The van der Waals surface area contributed by atoms with Gasteiger partial charge in [0.05, 0.1) is 12.2 Å². The number of hydrogen-bond donors (Lipinski definition) is 0. The Balaban J connectivity index is 2.18. The number of nitrogens with zero attached hydrogens (tertiary/aromatic N) is 3. The van der Waals surface area contributed by atoms with Gasteiger partial charge in [0.25, 0.3) is 0 Å². The fourth-order valence-electron chi connectivity index (χ4n) is 2.66. The lowest BCUT2D eigenvalue weighted by Gasteiger charge is -2.28. The van der Waals surface area contributed by atoms with Crippen molar-refractivity contribution in [3.8, 4) is 6.07 Å². The first kappa shape index (κ1) is 13.8. The molecule has 0 bridgehead atoms. The Kier molecular flexibility index (Phi) is 4.39. The third-order valence-corrected chi connectivity index (χ3v) is 3.59. The summed E-state index contributed by atoms with van der Waals surface area (Å²) < 4.78 is 5.51. The number of nitriles is 1. The van der Waals surface area contributed by atoms with E-state index in [0.29, 0.717) is 11.5 Å². The maximum Gasteiger partial charge on any atom is 0.146 e. The van der Waals surface area contributed by atoms with Gasteiger partial charge >= 0.3 is 0 Å². The van der Waals surface area contributed by atoms with Crippen molar-refractivity contribution in [3.63, 3.8) is 0 Å². The SMILES string of the molecule is Cc1cc(C)c(C#N)c(N(C)CC2CCCOC2)n1. The minimum atomic E-state index is 0.535. The first-order chi connectivity index (χ1) is 9.11. The van der Waals surface area contributed by atoms with Crippen LogP contribution in [0.2, 0.25) is 0 Å². The quantitative estimate of drug-likeness (QED) is 0.836. The van der Waals surface area contributed by atoms with Gasteiger partial charge in [0.15, 0.2) is 0 Å². The van der Waals surface area contributed by atoms with Crippen LogP contribution >= 0.6 is 0 Å². The maximum absolute atomic E-state index is 9.30. The monoisotopic (exact) mass is 259 g/mol. The van der Waals surface area contributed by atoms with E-state index in [2.05, 4.69) is 16.0 Å². The van der Waals surface area contributed by atoms with E-state index in [1.807, 2.05) is 27.0 Å². The van der Waals surface area contributed by atoms with Gasteiger partial charge in [-0.3, -0.25) is 0 Å². The Hall–Kier alpha value is -1.60. The number of aromatic nitrogens is 1. The zero-order chi connectivity index (χ0) is 13.8. The predicted molar refractivity (Wildman–Crippen MR) is 75.2 cm³/mol. The molecule has 0 N–H and O–H groups in total. The van der Waals surface area contributed by atoms with Crippen molar-refractivity contribution in [2.24, 2.45) is 5.92 Å². The second kappa shape index (κ2) is 6.03. The average molecular weight is 259 g/mol. The predicted octanol–water partition coefficient (Wildman–Crippen LogP) is 2.43. The summed E-state index contributed by atoms with van der Waals surface area (Å²) in [5.74, 6) is 1.33. The van der Waals surface area contributed by atoms with E-state index in [9.17, 15) is 5.26 Å². The second-order valence-corrected chi connectivity index (χ2v) is 5.35. The average Bonchev–Trinajstić information content (AvgIpc) is 2.39. The Morgan fingerprint density at radius 3 is 2.95 bits per heavy atom. The number of ether oxygens (including phenoxy) is 1. The Bertz CT molecular complexity index is 487. The summed E-state index contributed by atoms with van der Waals surface area (Å²) in [7, 11) is 2.01. The standard InChI is InChI=1S/C15H21N3O/c1-11-7-12(2)17-15(14(11)8-16)18(3)9-13-5-4-6-19-10-13/h7,13H,4-6,9-10H2,1-3H3. The molecule has 0 amide bonds. The molecule has 1 atom stereocenters. The van der Waals surface area contributed by atoms with Gasteiger partial charge in [-0.25, -0.2) is 4.98 Å². The summed E-state index contributed by atoms with van der Waals surface area (Å²) in [6.07, 6.45) is 2.32. The van der Waals surface area contributed by atoms with Gasteiger partial charge in [-0.05, 0) is 44.2 Å². The Labute approximate surface area is 115 Å². The van der Waals surface area contributed by atoms with E-state index in [1.165, 1.54) is 6.42 Å². The Morgan fingerprint density at radius 1 is 1.53 bits per heavy atom. The smallest absolute Gasteiger partial charge is 0.146 e. The lowest BCUT2D eigenvalue weighted by molar-refractivity contribution is 0.0576. The molecule has 1 aliphatic rings. The second-order valence-electron chi connectivity index (χ2n) is 5.35. The van der Waals surface area contributed by atoms with Crippen LogP contribution in [0, 0.1) is 31.1 Å². The van der Waals surface area contributed by atoms with Crippen LogP contribution in [0.25, 0.3) is 0 Å².